The van der Waals surface area contributed by atoms with Crippen LogP contribution in [0.25, 0.3) is 11.2 Å². The number of fused-ring (bicyclic) bond motifs is 1. The lowest BCUT2D eigenvalue weighted by atomic mass is 10.1. The standard InChI is InChI=1S/C17H17ClN6O3/c1-25-5-6-27-16-22-14(20)13-15(23-16)24(17(21-13)26-2)9-10-3-4-12(18)11(7-10)8-19/h3-4,7H,5-6,9H2,1-2H3,(H2,20,22,23). The van der Waals surface area contributed by atoms with Gasteiger partial charge in [-0.15, -0.1) is 0 Å². The maximum atomic E-state index is 9.17. The van der Waals surface area contributed by atoms with E-state index in [1.165, 1.54) is 7.11 Å². The molecule has 0 amide bonds. The van der Waals surface area contributed by atoms with Crippen molar-refractivity contribution < 1.29 is 14.2 Å². The lowest BCUT2D eigenvalue weighted by Crippen LogP contribution is -2.09. The first-order valence-electron chi connectivity index (χ1n) is 7.95. The molecule has 0 atom stereocenters. The van der Waals surface area contributed by atoms with E-state index in [1.54, 1.807) is 23.8 Å². The minimum Gasteiger partial charge on any atom is -0.468 e. The third kappa shape index (κ3) is 3.86. The molecule has 0 radical (unpaired) electrons. The van der Waals surface area contributed by atoms with E-state index >= 15 is 0 Å². The Balaban J connectivity index is 2.03. The monoisotopic (exact) mass is 388 g/mol. The van der Waals surface area contributed by atoms with Gasteiger partial charge in [0.05, 0.1) is 30.8 Å². The first-order valence-corrected chi connectivity index (χ1v) is 8.33. The third-order valence-electron chi connectivity index (χ3n) is 3.76. The minimum atomic E-state index is 0.120. The van der Waals surface area contributed by atoms with Crippen LogP contribution in [0.2, 0.25) is 5.02 Å². The highest BCUT2D eigenvalue weighted by molar-refractivity contribution is 6.31. The van der Waals surface area contributed by atoms with E-state index in [0.29, 0.717) is 40.9 Å². The van der Waals surface area contributed by atoms with Crippen LogP contribution in [0.15, 0.2) is 18.2 Å². The Bertz CT molecular complexity index is 1010. The number of nitriles is 1. The van der Waals surface area contributed by atoms with Gasteiger partial charge in [-0.25, -0.2) is 0 Å². The van der Waals surface area contributed by atoms with Gasteiger partial charge in [0.25, 0.3) is 6.01 Å². The number of nitrogens with two attached hydrogens (primary N) is 1. The Morgan fingerprint density at radius 2 is 2.04 bits per heavy atom. The molecule has 0 unspecified atom stereocenters. The molecule has 0 aliphatic heterocycles. The van der Waals surface area contributed by atoms with Gasteiger partial charge in [0.15, 0.2) is 17.0 Å². The summed E-state index contributed by atoms with van der Waals surface area (Å²) in [5, 5.41) is 9.57. The van der Waals surface area contributed by atoms with Crippen LogP contribution in [0.1, 0.15) is 11.1 Å². The predicted molar refractivity (Wildman–Crippen MR) is 98.9 cm³/mol. The second kappa shape index (κ2) is 8.07. The van der Waals surface area contributed by atoms with Crippen molar-refractivity contribution in [2.75, 3.05) is 33.2 Å². The molecule has 0 aliphatic rings. The van der Waals surface area contributed by atoms with E-state index in [-0.39, 0.29) is 18.4 Å². The summed E-state index contributed by atoms with van der Waals surface area (Å²) >= 11 is 6.00. The lowest BCUT2D eigenvalue weighted by molar-refractivity contribution is 0.141. The summed E-state index contributed by atoms with van der Waals surface area (Å²) in [6.45, 7) is 1.03. The summed E-state index contributed by atoms with van der Waals surface area (Å²) in [4.78, 5) is 12.8. The average Bonchev–Trinajstić information content (AvgIpc) is 3.01. The molecule has 2 N–H and O–H groups in total. The summed E-state index contributed by atoms with van der Waals surface area (Å²) in [5.41, 5.74) is 8.08. The zero-order valence-electron chi connectivity index (χ0n) is 14.8. The van der Waals surface area contributed by atoms with E-state index in [2.05, 4.69) is 21.0 Å². The molecule has 140 valence electrons. The number of imidazole rings is 1. The second-order valence-corrected chi connectivity index (χ2v) is 5.92. The molecule has 0 saturated carbocycles. The number of benzene rings is 1. The first kappa shape index (κ1) is 18.7. The average molecular weight is 389 g/mol. The van der Waals surface area contributed by atoms with Crippen molar-refractivity contribution >= 4 is 28.6 Å². The summed E-state index contributed by atoms with van der Waals surface area (Å²) in [6, 6.07) is 7.68. The number of ether oxygens (including phenoxy) is 3. The van der Waals surface area contributed by atoms with Crippen molar-refractivity contribution in [3.63, 3.8) is 0 Å². The Labute approximate surface area is 160 Å². The van der Waals surface area contributed by atoms with Crippen molar-refractivity contribution in [3.05, 3.63) is 34.3 Å². The number of hydrogen-bond donors (Lipinski definition) is 1. The molecule has 9 nitrogen and oxygen atoms in total. The molecule has 2 heterocycles. The number of methoxy groups -OCH3 is 2. The number of hydrogen-bond acceptors (Lipinski definition) is 8. The highest BCUT2D eigenvalue weighted by Gasteiger charge is 2.18. The quantitative estimate of drug-likeness (QED) is 0.610. The van der Waals surface area contributed by atoms with Crippen LogP contribution in [-0.2, 0) is 11.3 Å². The maximum absolute atomic E-state index is 9.17. The third-order valence-corrected chi connectivity index (χ3v) is 4.09. The summed E-state index contributed by atoms with van der Waals surface area (Å²) in [5.74, 6) is 0.179. The summed E-state index contributed by atoms with van der Waals surface area (Å²) < 4.78 is 17.5. The van der Waals surface area contributed by atoms with Gasteiger partial charge in [-0.1, -0.05) is 17.7 Å². The number of aromatic nitrogens is 4. The number of anilines is 1. The van der Waals surface area contributed by atoms with Gasteiger partial charge in [0, 0.05) is 7.11 Å². The van der Waals surface area contributed by atoms with Gasteiger partial charge >= 0.3 is 6.01 Å². The molecular weight excluding hydrogens is 372 g/mol. The van der Waals surface area contributed by atoms with Gasteiger partial charge in [0.2, 0.25) is 0 Å². The highest BCUT2D eigenvalue weighted by Crippen LogP contribution is 2.27. The Morgan fingerprint density at radius 3 is 2.74 bits per heavy atom. The Kier molecular flexibility index (Phi) is 5.59. The van der Waals surface area contributed by atoms with Gasteiger partial charge < -0.3 is 19.9 Å². The molecule has 0 spiro atoms. The van der Waals surface area contributed by atoms with Gasteiger partial charge in [-0.2, -0.15) is 20.2 Å². The maximum Gasteiger partial charge on any atom is 0.320 e. The fourth-order valence-electron chi connectivity index (χ4n) is 2.50. The number of nitrogen functional groups attached to an aromatic ring is 1. The normalized spacial score (nSPS) is 10.7. The van der Waals surface area contributed by atoms with Crippen LogP contribution in [-0.4, -0.2) is 47.0 Å². The zero-order chi connectivity index (χ0) is 19.4. The topological polar surface area (TPSA) is 121 Å². The van der Waals surface area contributed by atoms with Crippen molar-refractivity contribution in [1.29, 1.82) is 5.26 Å². The van der Waals surface area contributed by atoms with Crippen molar-refractivity contribution in [3.8, 4) is 18.1 Å². The van der Waals surface area contributed by atoms with E-state index in [4.69, 9.17) is 31.5 Å². The van der Waals surface area contributed by atoms with Crippen LogP contribution in [0, 0.1) is 11.3 Å². The second-order valence-electron chi connectivity index (χ2n) is 5.52. The fourth-order valence-corrected chi connectivity index (χ4v) is 2.66. The van der Waals surface area contributed by atoms with Crippen LogP contribution in [0.3, 0.4) is 0 Å². The predicted octanol–water partition coefficient (Wildman–Crippen LogP) is 2.02. The molecule has 1 aromatic carbocycles. The number of halogens is 1. The molecule has 3 rings (SSSR count). The van der Waals surface area contributed by atoms with E-state index < -0.39 is 0 Å². The van der Waals surface area contributed by atoms with Gasteiger partial charge in [-0.05, 0) is 17.7 Å². The summed E-state index contributed by atoms with van der Waals surface area (Å²) in [6.07, 6.45) is 0. The van der Waals surface area contributed by atoms with Crippen molar-refractivity contribution in [2.24, 2.45) is 0 Å². The highest BCUT2D eigenvalue weighted by atomic mass is 35.5. The molecular formula is C17H17ClN6O3. The Hall–Kier alpha value is -3.09. The smallest absolute Gasteiger partial charge is 0.320 e. The minimum absolute atomic E-state index is 0.120. The molecule has 0 bridgehead atoms. The Morgan fingerprint density at radius 1 is 1.22 bits per heavy atom. The van der Waals surface area contributed by atoms with Crippen LogP contribution in [0.5, 0.6) is 12.0 Å². The molecule has 10 heteroatoms. The molecule has 0 saturated heterocycles. The van der Waals surface area contributed by atoms with Crippen LogP contribution in [0.4, 0.5) is 5.82 Å². The molecule has 27 heavy (non-hydrogen) atoms. The van der Waals surface area contributed by atoms with Gasteiger partial charge in [0.1, 0.15) is 12.7 Å². The molecule has 0 aliphatic carbocycles. The van der Waals surface area contributed by atoms with Crippen LogP contribution >= 0.6 is 11.6 Å². The SMILES string of the molecule is COCCOc1nc(N)c2nc(OC)n(Cc3ccc(Cl)c(C#N)c3)c2n1. The first-order chi connectivity index (χ1) is 13.1. The lowest BCUT2D eigenvalue weighted by Gasteiger charge is -2.09. The van der Waals surface area contributed by atoms with E-state index in [0.717, 1.165) is 5.56 Å². The largest absolute Gasteiger partial charge is 0.468 e. The van der Waals surface area contributed by atoms with Crippen molar-refractivity contribution in [1.82, 2.24) is 19.5 Å². The van der Waals surface area contributed by atoms with Crippen LogP contribution < -0.4 is 15.2 Å². The number of rotatable bonds is 7. The molecule has 3 aromatic rings. The van der Waals surface area contributed by atoms with Crippen molar-refractivity contribution in [2.45, 2.75) is 6.54 Å². The molecule has 0 fully saturated rings. The number of nitrogens with zero attached hydrogens (tertiary/aromatic N) is 5. The van der Waals surface area contributed by atoms with E-state index in [1.807, 2.05) is 6.07 Å². The molecule has 2 aromatic heterocycles. The zero-order valence-corrected chi connectivity index (χ0v) is 15.5. The van der Waals surface area contributed by atoms with Gasteiger partial charge in [-0.3, -0.25) is 4.57 Å². The summed E-state index contributed by atoms with van der Waals surface area (Å²) in [7, 11) is 3.07. The van der Waals surface area contributed by atoms with E-state index in [9.17, 15) is 5.26 Å². The fraction of sp³-hybridized carbons (Fsp3) is 0.294.